The van der Waals surface area contributed by atoms with Gasteiger partial charge in [0.05, 0.1) is 17.9 Å². The highest BCUT2D eigenvalue weighted by atomic mass is 32.2. The molecule has 0 saturated heterocycles. The normalized spacial score (nSPS) is 11.6. The van der Waals surface area contributed by atoms with Gasteiger partial charge < -0.3 is 10.1 Å². The van der Waals surface area contributed by atoms with Gasteiger partial charge in [0.25, 0.3) is 0 Å². The number of benzene rings is 2. The topological polar surface area (TPSA) is 55.4 Å². The molecule has 0 unspecified atom stereocenters. The molecular formula is C18H19NO3S. The van der Waals surface area contributed by atoms with Gasteiger partial charge in [0, 0.05) is 11.4 Å². The van der Waals surface area contributed by atoms with Gasteiger partial charge >= 0.3 is 5.97 Å². The van der Waals surface area contributed by atoms with Crippen molar-refractivity contribution in [1.29, 1.82) is 0 Å². The van der Waals surface area contributed by atoms with Crippen LogP contribution in [0.4, 0.5) is 0 Å². The Bertz CT molecular complexity index is 656. The summed E-state index contributed by atoms with van der Waals surface area (Å²) < 4.78 is 4.65. The quantitative estimate of drug-likeness (QED) is 0.653. The van der Waals surface area contributed by atoms with Gasteiger partial charge in [0.15, 0.2) is 0 Å². The fourth-order valence-corrected chi connectivity index (χ4v) is 2.88. The molecule has 0 heterocycles. The number of thioether (sulfide) groups is 1. The number of rotatable bonds is 6. The highest BCUT2D eigenvalue weighted by molar-refractivity contribution is 8.00. The molecule has 5 heteroatoms. The zero-order valence-electron chi connectivity index (χ0n) is 13.1. The van der Waals surface area contributed by atoms with E-state index in [1.54, 1.807) is 12.1 Å². The summed E-state index contributed by atoms with van der Waals surface area (Å²) in [7, 11) is 1.35. The van der Waals surface area contributed by atoms with Crippen molar-refractivity contribution < 1.29 is 14.3 Å². The van der Waals surface area contributed by atoms with Crippen molar-refractivity contribution in [3.8, 4) is 0 Å². The van der Waals surface area contributed by atoms with Crippen LogP contribution in [-0.2, 0) is 16.1 Å². The summed E-state index contributed by atoms with van der Waals surface area (Å²) in [4.78, 5) is 24.6. The van der Waals surface area contributed by atoms with Crippen molar-refractivity contribution in [1.82, 2.24) is 5.32 Å². The van der Waals surface area contributed by atoms with Crippen LogP contribution in [0.25, 0.3) is 0 Å². The number of esters is 1. The smallest absolute Gasteiger partial charge is 0.337 e. The number of nitrogens with one attached hydrogen (secondary N) is 1. The number of hydrogen-bond acceptors (Lipinski definition) is 4. The fourth-order valence-electron chi connectivity index (χ4n) is 1.97. The molecule has 2 aromatic rings. The van der Waals surface area contributed by atoms with Crippen molar-refractivity contribution in [2.24, 2.45) is 0 Å². The third-order valence-corrected chi connectivity index (χ3v) is 4.38. The largest absolute Gasteiger partial charge is 0.465 e. The summed E-state index contributed by atoms with van der Waals surface area (Å²) in [6.45, 7) is 2.31. The summed E-state index contributed by atoms with van der Waals surface area (Å²) in [5.41, 5.74) is 1.43. The van der Waals surface area contributed by atoms with Crippen LogP contribution in [0.2, 0.25) is 0 Å². The molecule has 4 nitrogen and oxygen atoms in total. The van der Waals surface area contributed by atoms with E-state index < -0.39 is 0 Å². The first kappa shape index (κ1) is 17.1. The molecule has 23 heavy (non-hydrogen) atoms. The maximum absolute atomic E-state index is 12.1. The van der Waals surface area contributed by atoms with Crippen molar-refractivity contribution in [3.63, 3.8) is 0 Å². The second-order valence-corrected chi connectivity index (χ2v) is 6.39. The van der Waals surface area contributed by atoms with Crippen LogP contribution >= 0.6 is 11.8 Å². The lowest BCUT2D eigenvalue weighted by atomic mass is 10.1. The zero-order valence-corrected chi connectivity index (χ0v) is 13.9. The average Bonchev–Trinajstić information content (AvgIpc) is 2.60. The summed E-state index contributed by atoms with van der Waals surface area (Å²) in [6.07, 6.45) is 0. The van der Waals surface area contributed by atoms with Crippen molar-refractivity contribution in [2.45, 2.75) is 23.6 Å². The lowest BCUT2D eigenvalue weighted by Gasteiger charge is -2.12. The molecule has 1 amide bonds. The van der Waals surface area contributed by atoms with Crippen LogP contribution in [0.15, 0.2) is 59.5 Å². The number of methoxy groups -OCH3 is 1. The minimum Gasteiger partial charge on any atom is -0.465 e. The van der Waals surface area contributed by atoms with E-state index in [1.165, 1.54) is 18.9 Å². The minimum atomic E-state index is -0.367. The Morgan fingerprint density at radius 3 is 2.35 bits per heavy atom. The number of carbonyl (C=O) groups is 2. The van der Waals surface area contributed by atoms with Gasteiger partial charge in [-0.2, -0.15) is 0 Å². The second-order valence-electron chi connectivity index (χ2n) is 4.98. The van der Waals surface area contributed by atoms with E-state index >= 15 is 0 Å². The van der Waals surface area contributed by atoms with Crippen molar-refractivity contribution in [2.75, 3.05) is 7.11 Å². The Morgan fingerprint density at radius 1 is 1.09 bits per heavy atom. The minimum absolute atomic E-state index is 0.0177. The molecule has 0 aliphatic carbocycles. The molecule has 1 N–H and O–H groups in total. The van der Waals surface area contributed by atoms with E-state index in [9.17, 15) is 9.59 Å². The standard InChI is InChI=1S/C18H19NO3S/c1-13(23-16-6-4-3-5-7-16)17(20)19-12-14-8-10-15(11-9-14)18(21)22-2/h3-11,13H,12H2,1-2H3,(H,19,20)/t13-/m1/s1. The predicted molar refractivity (Wildman–Crippen MR) is 91.4 cm³/mol. The molecule has 1 atom stereocenters. The monoisotopic (exact) mass is 329 g/mol. The molecule has 0 bridgehead atoms. The first-order chi connectivity index (χ1) is 11.1. The number of ether oxygens (including phenoxy) is 1. The van der Waals surface area contributed by atoms with Gasteiger partial charge in [0.2, 0.25) is 5.91 Å². The first-order valence-electron chi connectivity index (χ1n) is 7.27. The maximum Gasteiger partial charge on any atom is 0.337 e. The van der Waals surface area contributed by atoms with Gasteiger partial charge in [-0.15, -0.1) is 11.8 Å². The van der Waals surface area contributed by atoms with Crippen LogP contribution in [0.3, 0.4) is 0 Å². The maximum atomic E-state index is 12.1. The molecule has 0 aliphatic heterocycles. The third kappa shape index (κ3) is 5.14. The van der Waals surface area contributed by atoms with Gasteiger partial charge in [-0.3, -0.25) is 4.79 Å². The third-order valence-electron chi connectivity index (χ3n) is 3.27. The fraction of sp³-hybridized carbons (Fsp3) is 0.222. The van der Waals surface area contributed by atoms with E-state index in [0.717, 1.165) is 10.5 Å². The lowest BCUT2D eigenvalue weighted by Crippen LogP contribution is -2.30. The van der Waals surface area contributed by atoms with E-state index in [0.29, 0.717) is 12.1 Å². The molecule has 0 aliphatic rings. The summed E-state index contributed by atoms with van der Waals surface area (Å²) in [5.74, 6) is -0.385. The molecule has 2 rings (SSSR count). The molecule has 120 valence electrons. The molecule has 0 radical (unpaired) electrons. The molecule has 2 aromatic carbocycles. The molecule has 0 spiro atoms. The van der Waals surface area contributed by atoms with Crippen LogP contribution in [-0.4, -0.2) is 24.2 Å². The van der Waals surface area contributed by atoms with Gasteiger partial charge in [-0.25, -0.2) is 4.79 Å². The van der Waals surface area contributed by atoms with Gasteiger partial charge in [0.1, 0.15) is 0 Å². The van der Waals surface area contributed by atoms with Crippen LogP contribution in [0, 0.1) is 0 Å². The Morgan fingerprint density at radius 2 is 1.74 bits per heavy atom. The highest BCUT2D eigenvalue weighted by Crippen LogP contribution is 2.22. The van der Waals surface area contributed by atoms with E-state index in [1.807, 2.05) is 49.4 Å². The second kappa shape index (κ2) is 8.39. The first-order valence-corrected chi connectivity index (χ1v) is 8.15. The van der Waals surface area contributed by atoms with Crippen LogP contribution < -0.4 is 5.32 Å². The van der Waals surface area contributed by atoms with E-state index in [-0.39, 0.29) is 17.1 Å². The van der Waals surface area contributed by atoms with Gasteiger partial charge in [-0.1, -0.05) is 30.3 Å². The average molecular weight is 329 g/mol. The van der Waals surface area contributed by atoms with E-state index in [2.05, 4.69) is 10.1 Å². The predicted octanol–water partition coefficient (Wildman–Crippen LogP) is 3.27. The number of carbonyl (C=O) groups excluding carboxylic acids is 2. The SMILES string of the molecule is COC(=O)c1ccc(CNC(=O)[C@@H](C)Sc2ccccc2)cc1. The zero-order chi connectivity index (χ0) is 16.7. The Hall–Kier alpha value is -2.27. The highest BCUT2D eigenvalue weighted by Gasteiger charge is 2.14. The molecular weight excluding hydrogens is 310 g/mol. The molecule has 0 saturated carbocycles. The Labute approximate surface area is 140 Å². The Kier molecular flexibility index (Phi) is 6.23. The summed E-state index contributed by atoms with van der Waals surface area (Å²) in [6, 6.07) is 16.8. The van der Waals surface area contributed by atoms with Crippen LogP contribution in [0.1, 0.15) is 22.8 Å². The lowest BCUT2D eigenvalue weighted by molar-refractivity contribution is -0.120. The number of amides is 1. The van der Waals surface area contributed by atoms with Crippen molar-refractivity contribution in [3.05, 3.63) is 65.7 Å². The summed E-state index contributed by atoms with van der Waals surface area (Å²) in [5, 5.41) is 2.73. The number of hydrogen-bond donors (Lipinski definition) is 1. The van der Waals surface area contributed by atoms with Gasteiger partial charge in [-0.05, 0) is 36.8 Å². The van der Waals surface area contributed by atoms with E-state index in [4.69, 9.17) is 0 Å². The Balaban J connectivity index is 1.85. The summed E-state index contributed by atoms with van der Waals surface area (Å²) >= 11 is 1.52. The van der Waals surface area contributed by atoms with Crippen molar-refractivity contribution >= 4 is 23.6 Å². The molecule has 0 aromatic heterocycles. The van der Waals surface area contributed by atoms with Crippen LogP contribution in [0.5, 0.6) is 0 Å². The molecule has 0 fully saturated rings.